The number of carbonyl (C=O) groups excluding carboxylic acids is 2. The first-order valence-electron chi connectivity index (χ1n) is 14.1. The minimum atomic E-state index is -4.45. The highest BCUT2D eigenvalue weighted by Crippen LogP contribution is 2.29. The second-order valence-electron chi connectivity index (χ2n) is 10.2. The van der Waals surface area contributed by atoms with Gasteiger partial charge in [-0.15, -0.1) is 0 Å². The molecule has 5 rings (SSSR count). The van der Waals surface area contributed by atoms with Crippen molar-refractivity contribution in [2.45, 2.75) is 32.4 Å². The summed E-state index contributed by atoms with van der Waals surface area (Å²) in [6.07, 6.45) is 0.882. The van der Waals surface area contributed by atoms with Crippen molar-refractivity contribution in [2.24, 2.45) is 0 Å². The molecule has 232 valence electrons. The van der Waals surface area contributed by atoms with E-state index in [1.54, 1.807) is 4.90 Å². The van der Waals surface area contributed by atoms with E-state index in [0.717, 1.165) is 17.8 Å². The summed E-state index contributed by atoms with van der Waals surface area (Å²) in [5.74, 6) is -0.00665. The van der Waals surface area contributed by atoms with E-state index in [9.17, 15) is 27.6 Å². The molecule has 2 aromatic heterocycles. The highest BCUT2D eigenvalue weighted by Gasteiger charge is 2.31. The van der Waals surface area contributed by atoms with Crippen molar-refractivity contribution in [1.29, 1.82) is 0 Å². The van der Waals surface area contributed by atoms with Crippen molar-refractivity contribution in [3.8, 4) is 0 Å². The molecule has 0 atom stereocenters. The summed E-state index contributed by atoms with van der Waals surface area (Å²) in [5, 5.41) is 4.19. The zero-order chi connectivity index (χ0) is 31.1. The van der Waals surface area contributed by atoms with Crippen LogP contribution in [0.15, 0.2) is 72.0 Å². The number of ether oxygens (including phenoxy) is 2. The van der Waals surface area contributed by atoms with Gasteiger partial charge in [0.1, 0.15) is 19.2 Å². The molecule has 0 aliphatic carbocycles. The largest absolute Gasteiger partial charge is 0.499 e. The van der Waals surface area contributed by atoms with Crippen molar-refractivity contribution >= 4 is 23.3 Å². The number of piperazine rings is 1. The molecule has 2 amide bonds. The van der Waals surface area contributed by atoms with Crippen molar-refractivity contribution in [3.05, 3.63) is 94.2 Å². The number of hydrogen-bond donors (Lipinski definition) is 0. The summed E-state index contributed by atoms with van der Waals surface area (Å²) < 4.78 is 50.7. The molecule has 2 aliphatic rings. The zero-order valence-electron chi connectivity index (χ0n) is 23.8. The zero-order valence-corrected chi connectivity index (χ0v) is 23.8. The van der Waals surface area contributed by atoms with Crippen LogP contribution in [0.5, 0.6) is 0 Å². The van der Waals surface area contributed by atoms with Gasteiger partial charge in [0, 0.05) is 50.4 Å². The van der Waals surface area contributed by atoms with E-state index in [-0.39, 0.29) is 43.7 Å². The van der Waals surface area contributed by atoms with Crippen LogP contribution >= 0.6 is 0 Å². The van der Waals surface area contributed by atoms with Gasteiger partial charge in [0.05, 0.1) is 36.9 Å². The predicted molar refractivity (Wildman–Crippen MR) is 154 cm³/mol. The van der Waals surface area contributed by atoms with Crippen LogP contribution in [0.1, 0.15) is 23.1 Å². The molecule has 11 nitrogen and oxygen atoms in total. The van der Waals surface area contributed by atoms with E-state index >= 15 is 0 Å². The van der Waals surface area contributed by atoms with Gasteiger partial charge in [-0.2, -0.15) is 18.3 Å². The molecular weight excluding hydrogens is 581 g/mol. The Hall–Kier alpha value is -4.72. The van der Waals surface area contributed by atoms with Gasteiger partial charge in [-0.3, -0.25) is 14.4 Å². The summed E-state index contributed by atoms with van der Waals surface area (Å²) in [6.45, 7) is 2.15. The second-order valence-corrected chi connectivity index (χ2v) is 10.2. The maximum absolute atomic E-state index is 13.0. The van der Waals surface area contributed by atoms with E-state index in [0.29, 0.717) is 56.3 Å². The minimum Gasteiger partial charge on any atom is -0.499 e. The van der Waals surface area contributed by atoms with Gasteiger partial charge >= 0.3 is 6.18 Å². The molecular formula is C30H31F3N6O5. The molecule has 3 aromatic rings. The van der Waals surface area contributed by atoms with Crippen molar-refractivity contribution in [2.75, 3.05) is 49.1 Å². The molecule has 0 unspecified atom stereocenters. The number of aromatic nitrogens is 3. The Bertz CT molecular complexity index is 1540. The lowest BCUT2D eigenvalue weighted by atomic mass is 10.0. The summed E-state index contributed by atoms with van der Waals surface area (Å²) in [7, 11) is 0. The normalized spacial score (nSPS) is 15.5. The predicted octanol–water partition coefficient (Wildman–Crippen LogP) is 2.99. The number of rotatable bonds is 10. The van der Waals surface area contributed by atoms with E-state index < -0.39 is 11.7 Å². The van der Waals surface area contributed by atoms with E-state index in [1.165, 1.54) is 34.2 Å². The van der Waals surface area contributed by atoms with Crippen LogP contribution in [-0.4, -0.2) is 70.8 Å². The molecule has 0 spiro atoms. The SMILES string of the molecule is O=C(C=COCCN1C(=O)CCc2c1cnn(COCc1ccccc1)c2=O)N1CCN(c2ccc(C(F)(F)F)cn2)CC1. The number of hydrogen-bond acceptors (Lipinski definition) is 8. The van der Waals surface area contributed by atoms with Crippen LogP contribution in [0.3, 0.4) is 0 Å². The monoisotopic (exact) mass is 612 g/mol. The highest BCUT2D eigenvalue weighted by molar-refractivity contribution is 5.96. The summed E-state index contributed by atoms with van der Waals surface area (Å²) in [4.78, 5) is 47.0. The van der Waals surface area contributed by atoms with Gasteiger partial charge in [-0.1, -0.05) is 30.3 Å². The van der Waals surface area contributed by atoms with E-state index in [4.69, 9.17) is 9.47 Å². The van der Waals surface area contributed by atoms with Crippen LogP contribution in [0.25, 0.3) is 0 Å². The van der Waals surface area contributed by atoms with Crippen molar-refractivity contribution in [1.82, 2.24) is 19.7 Å². The first kappa shape index (κ1) is 30.7. The van der Waals surface area contributed by atoms with Crippen LogP contribution in [0.2, 0.25) is 0 Å². The average Bonchev–Trinajstić information content (AvgIpc) is 3.03. The third-order valence-electron chi connectivity index (χ3n) is 7.36. The third kappa shape index (κ3) is 7.43. The number of benzene rings is 1. The summed E-state index contributed by atoms with van der Waals surface area (Å²) >= 11 is 0. The fraction of sp³-hybridized carbons (Fsp3) is 0.367. The molecule has 1 aromatic carbocycles. The number of pyridine rings is 1. The molecule has 44 heavy (non-hydrogen) atoms. The maximum Gasteiger partial charge on any atom is 0.417 e. The Morgan fingerprint density at radius 2 is 1.75 bits per heavy atom. The van der Waals surface area contributed by atoms with Crippen LogP contribution in [0.4, 0.5) is 24.7 Å². The van der Waals surface area contributed by atoms with E-state index in [1.807, 2.05) is 35.2 Å². The first-order chi connectivity index (χ1) is 21.2. The fourth-order valence-electron chi connectivity index (χ4n) is 4.97. The number of anilines is 2. The Morgan fingerprint density at radius 1 is 0.977 bits per heavy atom. The van der Waals surface area contributed by atoms with Gasteiger partial charge in [0.25, 0.3) is 5.56 Å². The fourth-order valence-corrected chi connectivity index (χ4v) is 4.97. The molecule has 0 saturated carbocycles. The van der Waals surface area contributed by atoms with Gasteiger partial charge in [0.15, 0.2) is 0 Å². The standard InChI is InChI=1S/C30H31F3N6O5/c31-30(32,33)23-6-8-26(34-18-23)36-11-13-37(14-12-36)27(40)10-16-43-17-15-38-25-19-35-39(29(42)24(25)7-9-28(38)41)21-44-20-22-4-2-1-3-5-22/h1-6,8,10,16,18-19H,7,9,11-15,17,20-21H2. The molecule has 2 aliphatic heterocycles. The molecule has 0 bridgehead atoms. The molecule has 4 heterocycles. The number of carbonyl (C=O) groups is 2. The van der Waals surface area contributed by atoms with Gasteiger partial charge < -0.3 is 24.2 Å². The van der Waals surface area contributed by atoms with Gasteiger partial charge in [0.2, 0.25) is 11.8 Å². The van der Waals surface area contributed by atoms with Gasteiger partial charge in [-0.05, 0) is 24.1 Å². The number of amides is 2. The quantitative estimate of drug-likeness (QED) is 0.195. The molecule has 1 saturated heterocycles. The first-order valence-corrected chi connectivity index (χ1v) is 14.1. The van der Waals surface area contributed by atoms with Crippen molar-refractivity contribution < 1.29 is 32.2 Å². The van der Waals surface area contributed by atoms with Crippen LogP contribution < -0.4 is 15.4 Å². The molecule has 0 radical (unpaired) electrons. The number of alkyl halides is 3. The summed E-state index contributed by atoms with van der Waals surface area (Å²) in [5.41, 5.74) is 0.777. The summed E-state index contributed by atoms with van der Waals surface area (Å²) in [6, 6.07) is 11.9. The van der Waals surface area contributed by atoms with Crippen molar-refractivity contribution in [3.63, 3.8) is 0 Å². The Balaban J connectivity index is 1.07. The highest BCUT2D eigenvalue weighted by atomic mass is 19.4. The molecule has 14 heteroatoms. The smallest absolute Gasteiger partial charge is 0.417 e. The lowest BCUT2D eigenvalue weighted by Crippen LogP contribution is -2.48. The molecule has 0 N–H and O–H groups in total. The molecule has 1 fully saturated rings. The second kappa shape index (κ2) is 13.7. The lowest BCUT2D eigenvalue weighted by molar-refractivity contribution is -0.137. The minimum absolute atomic E-state index is 0.0160. The van der Waals surface area contributed by atoms with Crippen LogP contribution in [-0.2, 0) is 45.0 Å². The Labute approximate surface area is 251 Å². The maximum atomic E-state index is 13.0. The number of nitrogens with zero attached hydrogens (tertiary/aromatic N) is 6. The number of halogens is 3. The third-order valence-corrected chi connectivity index (χ3v) is 7.36. The van der Waals surface area contributed by atoms with Crippen LogP contribution in [0, 0.1) is 0 Å². The van der Waals surface area contributed by atoms with E-state index in [2.05, 4.69) is 10.1 Å². The topological polar surface area (TPSA) is 110 Å². The Kier molecular flexibility index (Phi) is 9.58. The number of fused-ring (bicyclic) bond motifs is 1. The average molecular weight is 613 g/mol. The lowest BCUT2D eigenvalue weighted by Gasteiger charge is -2.35. The van der Waals surface area contributed by atoms with Gasteiger partial charge in [-0.25, -0.2) is 9.67 Å². The Morgan fingerprint density at radius 3 is 2.45 bits per heavy atom.